The molecule has 0 aliphatic carbocycles. The van der Waals surface area contributed by atoms with Crippen LogP contribution in [0.4, 0.5) is 5.82 Å². The van der Waals surface area contributed by atoms with Gasteiger partial charge >= 0.3 is 0 Å². The van der Waals surface area contributed by atoms with Crippen molar-refractivity contribution < 1.29 is 8.42 Å². The van der Waals surface area contributed by atoms with Gasteiger partial charge in [-0.3, -0.25) is 4.72 Å². The molecule has 0 spiro atoms. The first-order valence-corrected chi connectivity index (χ1v) is 6.07. The zero-order valence-corrected chi connectivity index (χ0v) is 9.11. The van der Waals surface area contributed by atoms with E-state index in [0.717, 1.165) is 0 Å². The van der Waals surface area contributed by atoms with E-state index >= 15 is 0 Å². The van der Waals surface area contributed by atoms with Gasteiger partial charge in [0.15, 0.2) is 0 Å². The minimum Gasteiger partial charge on any atom is -0.263 e. The summed E-state index contributed by atoms with van der Waals surface area (Å²) in [5.41, 5.74) is 0. The molecule has 0 fully saturated rings. The van der Waals surface area contributed by atoms with Gasteiger partial charge in [0.1, 0.15) is 5.82 Å². The van der Waals surface area contributed by atoms with E-state index in [4.69, 9.17) is 0 Å². The van der Waals surface area contributed by atoms with Gasteiger partial charge in [-0.2, -0.15) is 0 Å². The summed E-state index contributed by atoms with van der Waals surface area (Å²) in [5.74, 6) is 0.280. The van der Waals surface area contributed by atoms with E-state index < -0.39 is 10.0 Å². The van der Waals surface area contributed by atoms with Crippen LogP contribution in [0.1, 0.15) is 0 Å². The molecule has 0 aliphatic heterocycles. The Balaban J connectivity index is 2.29. The van der Waals surface area contributed by atoms with Crippen LogP contribution in [0.15, 0.2) is 53.6 Å². The average Bonchev–Trinajstić information content (AvgIpc) is 2.31. The first kappa shape index (κ1) is 10.6. The lowest BCUT2D eigenvalue weighted by atomic mass is 10.4. The van der Waals surface area contributed by atoms with Crippen LogP contribution < -0.4 is 4.72 Å². The van der Waals surface area contributed by atoms with E-state index in [1.165, 1.54) is 18.3 Å². The number of hydrogen-bond donors (Lipinski definition) is 1. The third kappa shape index (κ3) is 2.38. The van der Waals surface area contributed by atoms with Gasteiger partial charge in [-0.25, -0.2) is 13.4 Å². The summed E-state index contributed by atoms with van der Waals surface area (Å²) in [7, 11) is -3.54. The van der Waals surface area contributed by atoms with E-state index in [9.17, 15) is 8.42 Å². The molecule has 4 nitrogen and oxygen atoms in total. The summed E-state index contributed by atoms with van der Waals surface area (Å²) in [4.78, 5) is 4.06. The largest absolute Gasteiger partial charge is 0.263 e. The molecule has 0 aliphatic rings. The van der Waals surface area contributed by atoms with Gasteiger partial charge in [0.05, 0.1) is 4.90 Å². The highest BCUT2D eigenvalue weighted by Crippen LogP contribution is 2.12. The van der Waals surface area contributed by atoms with E-state index in [1.807, 2.05) is 0 Å². The van der Waals surface area contributed by atoms with Crippen molar-refractivity contribution in [3.63, 3.8) is 0 Å². The summed E-state index contributed by atoms with van der Waals surface area (Å²) >= 11 is 0. The predicted octanol–water partition coefficient (Wildman–Crippen LogP) is 1.68. The standard InChI is InChI=1S/C11H9N2O2S/c14-16(15,10-6-2-1-3-7-10)13-11-8-4-5-9-12-11/h1-4,6-9H,(H,12,13). The van der Waals surface area contributed by atoms with Crippen molar-refractivity contribution in [3.8, 4) is 0 Å². The van der Waals surface area contributed by atoms with Gasteiger partial charge in [0, 0.05) is 12.3 Å². The maximum absolute atomic E-state index is 11.8. The van der Waals surface area contributed by atoms with Gasteiger partial charge in [-0.1, -0.05) is 18.2 Å². The first-order chi connectivity index (χ1) is 7.68. The predicted molar refractivity (Wildman–Crippen MR) is 60.3 cm³/mol. The van der Waals surface area contributed by atoms with E-state index in [2.05, 4.69) is 15.8 Å². The van der Waals surface area contributed by atoms with Gasteiger partial charge < -0.3 is 0 Å². The van der Waals surface area contributed by atoms with Gasteiger partial charge in [-0.05, 0) is 24.3 Å². The zero-order chi connectivity index (χ0) is 11.4. The number of aromatic nitrogens is 1. The Bertz CT molecular complexity index is 553. The second-order valence-corrected chi connectivity index (χ2v) is 4.74. The molecule has 1 radical (unpaired) electrons. The van der Waals surface area contributed by atoms with Crippen molar-refractivity contribution in [1.82, 2.24) is 4.98 Å². The minimum atomic E-state index is -3.54. The Morgan fingerprint density at radius 3 is 2.50 bits per heavy atom. The Hall–Kier alpha value is -1.88. The lowest BCUT2D eigenvalue weighted by molar-refractivity contribution is 0.601. The van der Waals surface area contributed by atoms with Gasteiger partial charge in [-0.15, -0.1) is 0 Å². The number of nitrogens with zero attached hydrogens (tertiary/aromatic N) is 1. The number of nitrogens with one attached hydrogen (secondary N) is 1. The Morgan fingerprint density at radius 2 is 1.88 bits per heavy atom. The molecule has 0 unspecified atom stereocenters. The minimum absolute atomic E-state index is 0.213. The van der Waals surface area contributed by atoms with Crippen LogP contribution in [0.5, 0.6) is 0 Å². The molecule has 1 aromatic heterocycles. The Kier molecular flexibility index (Phi) is 2.87. The normalized spacial score (nSPS) is 11.0. The second kappa shape index (κ2) is 4.32. The number of rotatable bonds is 3. The van der Waals surface area contributed by atoms with Crippen molar-refractivity contribution >= 4 is 15.8 Å². The molecule has 0 saturated carbocycles. The number of hydrogen-bond acceptors (Lipinski definition) is 3. The van der Waals surface area contributed by atoms with Crippen molar-refractivity contribution in [2.24, 2.45) is 0 Å². The topological polar surface area (TPSA) is 59.1 Å². The molecular formula is C11H9N2O2S. The summed E-state index contributed by atoms with van der Waals surface area (Å²) in [6.07, 6.45) is 1.41. The third-order valence-corrected chi connectivity index (χ3v) is 3.28. The van der Waals surface area contributed by atoms with Crippen LogP contribution in [0.3, 0.4) is 0 Å². The summed E-state index contributed by atoms with van der Waals surface area (Å²) in [6.45, 7) is 0. The molecular weight excluding hydrogens is 224 g/mol. The highest BCUT2D eigenvalue weighted by molar-refractivity contribution is 7.92. The quantitative estimate of drug-likeness (QED) is 0.877. The van der Waals surface area contributed by atoms with Crippen LogP contribution in [0.2, 0.25) is 0 Å². The maximum atomic E-state index is 11.8. The lowest BCUT2D eigenvalue weighted by Crippen LogP contribution is -2.13. The highest BCUT2D eigenvalue weighted by atomic mass is 32.2. The SMILES string of the molecule is O=S(=O)(Nc1cc[c]cn1)c1ccccc1. The van der Waals surface area contributed by atoms with E-state index in [0.29, 0.717) is 0 Å². The fourth-order valence-electron chi connectivity index (χ4n) is 1.18. The lowest BCUT2D eigenvalue weighted by Gasteiger charge is -2.06. The number of benzene rings is 1. The summed E-state index contributed by atoms with van der Waals surface area (Å²) < 4.78 is 26.1. The van der Waals surface area contributed by atoms with Crippen molar-refractivity contribution in [2.75, 3.05) is 4.72 Å². The van der Waals surface area contributed by atoms with E-state index in [-0.39, 0.29) is 10.7 Å². The maximum Gasteiger partial charge on any atom is 0.263 e. The molecule has 1 N–H and O–H groups in total. The monoisotopic (exact) mass is 233 g/mol. The molecule has 1 aromatic carbocycles. The van der Waals surface area contributed by atoms with E-state index in [1.54, 1.807) is 30.3 Å². The van der Waals surface area contributed by atoms with Crippen molar-refractivity contribution in [2.45, 2.75) is 4.90 Å². The first-order valence-electron chi connectivity index (χ1n) is 4.58. The van der Waals surface area contributed by atoms with Crippen LogP contribution in [0.25, 0.3) is 0 Å². The number of pyridine rings is 1. The molecule has 2 aromatic rings. The number of anilines is 1. The molecule has 0 saturated heterocycles. The molecule has 5 heteroatoms. The molecule has 1 heterocycles. The molecule has 16 heavy (non-hydrogen) atoms. The summed E-state index contributed by atoms with van der Waals surface area (Å²) in [5, 5.41) is 0. The van der Waals surface area contributed by atoms with Crippen molar-refractivity contribution in [1.29, 1.82) is 0 Å². The molecule has 0 atom stereocenters. The Labute approximate surface area is 94.0 Å². The van der Waals surface area contributed by atoms with Crippen molar-refractivity contribution in [3.05, 3.63) is 54.7 Å². The fourth-order valence-corrected chi connectivity index (χ4v) is 2.21. The number of sulfonamides is 1. The Morgan fingerprint density at radius 1 is 1.12 bits per heavy atom. The van der Waals surface area contributed by atoms with Crippen LogP contribution in [-0.2, 0) is 10.0 Å². The second-order valence-electron chi connectivity index (χ2n) is 3.06. The third-order valence-electron chi connectivity index (χ3n) is 1.91. The average molecular weight is 233 g/mol. The smallest absolute Gasteiger partial charge is 0.263 e. The zero-order valence-electron chi connectivity index (χ0n) is 8.29. The van der Waals surface area contributed by atoms with Gasteiger partial charge in [0.2, 0.25) is 0 Å². The summed E-state index contributed by atoms with van der Waals surface area (Å²) in [6, 6.07) is 14.0. The van der Waals surface area contributed by atoms with Crippen LogP contribution >= 0.6 is 0 Å². The molecule has 0 amide bonds. The molecule has 81 valence electrons. The van der Waals surface area contributed by atoms with Crippen LogP contribution in [-0.4, -0.2) is 13.4 Å². The molecule has 0 bridgehead atoms. The fraction of sp³-hybridized carbons (Fsp3) is 0. The highest BCUT2D eigenvalue weighted by Gasteiger charge is 2.13. The molecule has 2 rings (SSSR count). The van der Waals surface area contributed by atoms with Crippen LogP contribution in [0, 0.1) is 6.07 Å². The van der Waals surface area contributed by atoms with Gasteiger partial charge in [0.25, 0.3) is 10.0 Å².